The predicted octanol–water partition coefficient (Wildman–Crippen LogP) is 1.87. The van der Waals surface area contributed by atoms with Crippen LogP contribution >= 0.6 is 0 Å². The Kier molecular flexibility index (Phi) is 5.41. The average Bonchev–Trinajstić information content (AvgIpc) is 2.62. The quantitative estimate of drug-likeness (QED) is 0.849. The van der Waals surface area contributed by atoms with E-state index in [9.17, 15) is 0 Å². The number of rotatable bonds is 4. The smallest absolute Gasteiger partial charge is 0.0594 e. The molecule has 0 N–H and O–H groups in total. The van der Waals surface area contributed by atoms with Crippen LogP contribution in [0, 0.1) is 0 Å². The van der Waals surface area contributed by atoms with Gasteiger partial charge >= 0.3 is 0 Å². The predicted molar refractivity (Wildman–Crippen MR) is 85.9 cm³/mol. The van der Waals surface area contributed by atoms with E-state index in [1.807, 2.05) is 0 Å². The van der Waals surface area contributed by atoms with Crippen molar-refractivity contribution in [2.24, 2.45) is 0 Å². The fraction of sp³-hybridized carbons (Fsp3) is 0.706. The molecule has 2 saturated heterocycles. The van der Waals surface area contributed by atoms with Crippen molar-refractivity contribution in [3.05, 3.63) is 29.6 Å². The Morgan fingerprint density at radius 2 is 1.23 bits per heavy atom. The van der Waals surface area contributed by atoms with Crippen LogP contribution in [-0.2, 0) is 9.47 Å². The third kappa shape index (κ3) is 3.66. The molecule has 0 radical (unpaired) electrons. The van der Waals surface area contributed by atoms with Gasteiger partial charge in [-0.15, -0.1) is 0 Å². The number of ether oxygens (including phenoxy) is 2. The minimum absolute atomic E-state index is 0.348. The fourth-order valence-corrected chi connectivity index (χ4v) is 3.24. The molecule has 1 aromatic heterocycles. The van der Waals surface area contributed by atoms with Gasteiger partial charge in [-0.3, -0.25) is 14.8 Å². The maximum absolute atomic E-state index is 5.45. The number of pyridine rings is 1. The van der Waals surface area contributed by atoms with E-state index in [-0.39, 0.29) is 0 Å². The van der Waals surface area contributed by atoms with Crippen LogP contribution < -0.4 is 0 Å². The fourth-order valence-electron chi connectivity index (χ4n) is 3.24. The summed E-state index contributed by atoms with van der Waals surface area (Å²) in [5.74, 6) is 0. The lowest BCUT2D eigenvalue weighted by molar-refractivity contribution is 0.0169. The molecule has 0 amide bonds. The molecule has 0 unspecified atom stereocenters. The lowest BCUT2D eigenvalue weighted by Gasteiger charge is -2.34. The lowest BCUT2D eigenvalue weighted by Crippen LogP contribution is -2.39. The highest BCUT2D eigenvalue weighted by atomic mass is 16.5. The van der Waals surface area contributed by atoms with Gasteiger partial charge in [0.15, 0.2) is 0 Å². The van der Waals surface area contributed by atoms with Crippen LogP contribution in [0.4, 0.5) is 0 Å². The normalized spacial score (nSPS) is 24.1. The monoisotopic (exact) mass is 305 g/mol. The number of aromatic nitrogens is 1. The molecule has 2 aliphatic rings. The van der Waals surface area contributed by atoms with Gasteiger partial charge in [-0.25, -0.2) is 0 Å². The van der Waals surface area contributed by atoms with Crippen molar-refractivity contribution in [3.63, 3.8) is 0 Å². The van der Waals surface area contributed by atoms with Crippen molar-refractivity contribution >= 4 is 0 Å². The van der Waals surface area contributed by atoms with E-state index in [2.05, 4.69) is 41.8 Å². The van der Waals surface area contributed by atoms with E-state index in [4.69, 9.17) is 14.5 Å². The van der Waals surface area contributed by atoms with E-state index in [1.54, 1.807) is 0 Å². The Morgan fingerprint density at radius 1 is 0.818 bits per heavy atom. The Labute approximate surface area is 133 Å². The zero-order valence-electron chi connectivity index (χ0n) is 13.7. The molecular weight excluding hydrogens is 278 g/mol. The number of nitrogens with zero attached hydrogens (tertiary/aromatic N) is 3. The third-order valence-corrected chi connectivity index (χ3v) is 4.84. The first kappa shape index (κ1) is 15.9. The molecule has 2 fully saturated rings. The Balaban J connectivity index is 1.70. The summed E-state index contributed by atoms with van der Waals surface area (Å²) >= 11 is 0. The summed E-state index contributed by atoms with van der Waals surface area (Å²) in [5, 5.41) is 0. The molecule has 22 heavy (non-hydrogen) atoms. The summed E-state index contributed by atoms with van der Waals surface area (Å²) in [6.07, 6.45) is 0. The summed E-state index contributed by atoms with van der Waals surface area (Å²) in [5.41, 5.74) is 2.33. The molecule has 0 aromatic carbocycles. The van der Waals surface area contributed by atoms with Crippen molar-refractivity contribution < 1.29 is 9.47 Å². The highest BCUT2D eigenvalue weighted by molar-refractivity contribution is 5.16. The van der Waals surface area contributed by atoms with Crippen LogP contribution in [0.15, 0.2) is 18.2 Å². The van der Waals surface area contributed by atoms with E-state index in [0.29, 0.717) is 12.1 Å². The number of hydrogen-bond acceptors (Lipinski definition) is 5. The minimum atomic E-state index is 0.348. The van der Waals surface area contributed by atoms with E-state index < -0.39 is 0 Å². The summed E-state index contributed by atoms with van der Waals surface area (Å²) in [6, 6.07) is 7.14. The van der Waals surface area contributed by atoms with Gasteiger partial charge in [-0.2, -0.15) is 0 Å². The zero-order valence-corrected chi connectivity index (χ0v) is 13.7. The van der Waals surface area contributed by atoms with Crippen molar-refractivity contribution in [1.82, 2.24) is 14.8 Å². The highest BCUT2D eigenvalue weighted by Crippen LogP contribution is 2.24. The molecule has 0 aliphatic carbocycles. The SMILES string of the molecule is C[C@H](c1cccc([C@@H](C)N2CCOCC2)n1)N1CCOCC1. The van der Waals surface area contributed by atoms with Crippen molar-refractivity contribution in [3.8, 4) is 0 Å². The van der Waals surface area contributed by atoms with Crippen LogP contribution in [0.1, 0.15) is 37.3 Å². The first-order valence-electron chi connectivity index (χ1n) is 8.36. The molecule has 5 nitrogen and oxygen atoms in total. The maximum atomic E-state index is 5.45. The van der Waals surface area contributed by atoms with E-state index in [1.165, 1.54) is 11.4 Å². The second-order valence-electron chi connectivity index (χ2n) is 6.14. The molecule has 1 aromatic rings. The molecule has 3 heterocycles. The number of hydrogen-bond donors (Lipinski definition) is 0. The summed E-state index contributed by atoms with van der Waals surface area (Å²) in [4.78, 5) is 9.86. The van der Waals surface area contributed by atoms with E-state index in [0.717, 1.165) is 52.6 Å². The topological polar surface area (TPSA) is 37.8 Å². The van der Waals surface area contributed by atoms with Crippen LogP contribution in [0.2, 0.25) is 0 Å². The standard InChI is InChI=1S/C17H27N3O2/c1-14(19-6-10-21-11-7-19)16-4-3-5-17(18-16)15(2)20-8-12-22-13-9-20/h3-5,14-15H,6-13H2,1-2H3/t14-,15-/m1/s1. The second kappa shape index (κ2) is 7.51. The Hall–Kier alpha value is -1.01. The van der Waals surface area contributed by atoms with Gasteiger partial charge in [0.2, 0.25) is 0 Å². The largest absolute Gasteiger partial charge is 0.379 e. The van der Waals surface area contributed by atoms with Crippen LogP contribution in [0.3, 0.4) is 0 Å². The molecule has 3 rings (SSSR count). The molecule has 0 bridgehead atoms. The van der Waals surface area contributed by atoms with Crippen LogP contribution in [0.5, 0.6) is 0 Å². The molecule has 2 aliphatic heterocycles. The van der Waals surface area contributed by atoms with Gasteiger partial charge in [0.1, 0.15) is 0 Å². The van der Waals surface area contributed by atoms with Gasteiger partial charge in [0.25, 0.3) is 0 Å². The van der Waals surface area contributed by atoms with Crippen LogP contribution in [-0.4, -0.2) is 67.4 Å². The van der Waals surface area contributed by atoms with Gasteiger partial charge in [0.05, 0.1) is 37.8 Å². The summed E-state index contributed by atoms with van der Waals surface area (Å²) < 4.78 is 10.9. The van der Waals surface area contributed by atoms with Crippen LogP contribution in [0.25, 0.3) is 0 Å². The minimum Gasteiger partial charge on any atom is -0.379 e. The number of morpholine rings is 2. The van der Waals surface area contributed by atoms with Gasteiger partial charge < -0.3 is 9.47 Å². The maximum Gasteiger partial charge on any atom is 0.0594 e. The van der Waals surface area contributed by atoms with Gasteiger partial charge in [-0.05, 0) is 26.0 Å². The van der Waals surface area contributed by atoms with E-state index >= 15 is 0 Å². The molecule has 0 spiro atoms. The summed E-state index contributed by atoms with van der Waals surface area (Å²) in [6.45, 7) is 11.8. The molecule has 2 atom stereocenters. The Bertz CT molecular complexity index is 431. The molecular formula is C17H27N3O2. The second-order valence-corrected chi connectivity index (χ2v) is 6.14. The molecule has 5 heteroatoms. The third-order valence-electron chi connectivity index (χ3n) is 4.84. The first-order chi connectivity index (χ1) is 10.8. The van der Waals surface area contributed by atoms with Gasteiger partial charge in [0, 0.05) is 38.3 Å². The Morgan fingerprint density at radius 3 is 1.64 bits per heavy atom. The average molecular weight is 305 g/mol. The first-order valence-corrected chi connectivity index (χ1v) is 8.36. The van der Waals surface area contributed by atoms with Crippen molar-refractivity contribution in [1.29, 1.82) is 0 Å². The molecule has 0 saturated carbocycles. The zero-order chi connectivity index (χ0) is 15.4. The van der Waals surface area contributed by atoms with Crippen molar-refractivity contribution in [2.75, 3.05) is 52.6 Å². The molecule has 122 valence electrons. The van der Waals surface area contributed by atoms with Gasteiger partial charge in [-0.1, -0.05) is 6.07 Å². The van der Waals surface area contributed by atoms with Crippen molar-refractivity contribution in [2.45, 2.75) is 25.9 Å². The summed E-state index contributed by atoms with van der Waals surface area (Å²) in [7, 11) is 0. The highest BCUT2D eigenvalue weighted by Gasteiger charge is 2.22. The lowest BCUT2D eigenvalue weighted by atomic mass is 10.1.